The molecule has 0 saturated carbocycles. The van der Waals surface area contributed by atoms with Crippen LogP contribution in [0.15, 0.2) is 59.7 Å². The third kappa shape index (κ3) is 3.51. The minimum absolute atomic E-state index is 0.0272. The summed E-state index contributed by atoms with van der Waals surface area (Å²) in [6.07, 6.45) is 1.66. The number of nitrogens with one attached hydrogen (secondary N) is 1. The Hall–Kier alpha value is -3.48. The van der Waals surface area contributed by atoms with Crippen LogP contribution >= 0.6 is 0 Å². The number of benzene rings is 2. The van der Waals surface area contributed by atoms with E-state index in [-0.39, 0.29) is 23.8 Å². The molecule has 1 N–H and O–H groups in total. The average molecular weight is 376 g/mol. The first kappa shape index (κ1) is 17.9. The molecule has 0 spiro atoms. The highest BCUT2D eigenvalue weighted by molar-refractivity contribution is 5.98. The molecule has 1 unspecified atom stereocenters. The maximum Gasteiger partial charge on any atom is 0.260 e. The number of amides is 2. The lowest BCUT2D eigenvalue weighted by atomic mass is 10.1. The molecule has 28 heavy (non-hydrogen) atoms. The molecule has 142 valence electrons. The van der Waals surface area contributed by atoms with Gasteiger partial charge in [0.15, 0.2) is 0 Å². The highest BCUT2D eigenvalue weighted by Crippen LogP contribution is 2.22. The van der Waals surface area contributed by atoms with Crippen LogP contribution in [-0.4, -0.2) is 32.8 Å². The minimum atomic E-state index is -0.413. The molecule has 0 bridgehead atoms. The van der Waals surface area contributed by atoms with Crippen LogP contribution in [-0.2, 0) is 23.2 Å². The van der Waals surface area contributed by atoms with Crippen molar-refractivity contribution in [3.8, 4) is 0 Å². The Bertz CT molecular complexity index is 1110. The van der Waals surface area contributed by atoms with Gasteiger partial charge in [-0.25, -0.2) is 4.98 Å². The molecule has 7 nitrogen and oxygen atoms in total. The van der Waals surface area contributed by atoms with Gasteiger partial charge in [0, 0.05) is 32.2 Å². The molecule has 3 aromatic rings. The van der Waals surface area contributed by atoms with E-state index in [0.29, 0.717) is 29.7 Å². The Morgan fingerprint density at radius 2 is 1.96 bits per heavy atom. The Kier molecular flexibility index (Phi) is 4.65. The summed E-state index contributed by atoms with van der Waals surface area (Å²) in [7, 11) is 1.63. The molecule has 1 atom stereocenters. The first-order chi connectivity index (χ1) is 13.5. The van der Waals surface area contributed by atoms with Crippen molar-refractivity contribution in [3.63, 3.8) is 0 Å². The highest BCUT2D eigenvalue weighted by Gasteiger charge is 2.34. The number of aromatic nitrogens is 2. The molecule has 4 rings (SSSR count). The van der Waals surface area contributed by atoms with Crippen molar-refractivity contribution in [1.82, 2.24) is 14.5 Å². The van der Waals surface area contributed by atoms with E-state index in [2.05, 4.69) is 10.3 Å². The number of fused-ring (bicyclic) bond motifs is 1. The van der Waals surface area contributed by atoms with Gasteiger partial charge in [0.1, 0.15) is 0 Å². The van der Waals surface area contributed by atoms with Gasteiger partial charge >= 0.3 is 0 Å². The number of likely N-dealkylation sites (tertiary alicyclic amines) is 1. The van der Waals surface area contributed by atoms with Crippen LogP contribution in [0.5, 0.6) is 0 Å². The molecular weight excluding hydrogens is 356 g/mol. The van der Waals surface area contributed by atoms with E-state index < -0.39 is 5.92 Å². The highest BCUT2D eigenvalue weighted by atomic mass is 16.2. The quantitative estimate of drug-likeness (QED) is 0.754. The zero-order chi connectivity index (χ0) is 19.7. The van der Waals surface area contributed by atoms with Crippen molar-refractivity contribution < 1.29 is 9.59 Å². The van der Waals surface area contributed by atoms with Gasteiger partial charge in [-0.1, -0.05) is 30.3 Å². The van der Waals surface area contributed by atoms with Gasteiger partial charge in [-0.15, -0.1) is 0 Å². The fourth-order valence-corrected chi connectivity index (χ4v) is 3.44. The lowest BCUT2D eigenvalue weighted by molar-refractivity contribution is -0.128. The third-order valence-corrected chi connectivity index (χ3v) is 4.99. The number of nitrogens with zero attached hydrogens (tertiary/aromatic N) is 3. The first-order valence-corrected chi connectivity index (χ1v) is 9.09. The minimum Gasteiger partial charge on any atom is -0.338 e. The summed E-state index contributed by atoms with van der Waals surface area (Å²) in [5.41, 5.74) is 1.96. The van der Waals surface area contributed by atoms with Gasteiger partial charge in [-0.2, -0.15) is 0 Å². The van der Waals surface area contributed by atoms with Crippen molar-refractivity contribution >= 4 is 28.4 Å². The average Bonchev–Trinajstić information content (AvgIpc) is 3.06. The molecule has 2 amide bonds. The number of anilines is 1. The van der Waals surface area contributed by atoms with Crippen LogP contribution < -0.4 is 10.9 Å². The topological polar surface area (TPSA) is 84.3 Å². The molecule has 1 fully saturated rings. The first-order valence-electron chi connectivity index (χ1n) is 9.09. The van der Waals surface area contributed by atoms with Gasteiger partial charge in [0.05, 0.1) is 23.1 Å². The van der Waals surface area contributed by atoms with Crippen molar-refractivity contribution in [2.45, 2.75) is 13.0 Å². The van der Waals surface area contributed by atoms with E-state index in [9.17, 15) is 14.4 Å². The molecule has 2 heterocycles. The summed E-state index contributed by atoms with van der Waals surface area (Å²) in [6, 6.07) is 14.8. The fourth-order valence-electron chi connectivity index (χ4n) is 3.44. The molecule has 1 aromatic heterocycles. The number of hydrogen-bond acceptors (Lipinski definition) is 4. The summed E-state index contributed by atoms with van der Waals surface area (Å²) in [6.45, 7) is 0.887. The SMILES string of the molecule is Cn1cnc2ccc(NC(=O)C3CC(=O)N(Cc4ccccc4)C3)cc2c1=O. The number of carbonyl (C=O) groups is 2. The second-order valence-electron chi connectivity index (χ2n) is 7.04. The number of hydrogen-bond donors (Lipinski definition) is 1. The maximum atomic E-state index is 12.7. The maximum absolute atomic E-state index is 12.7. The number of rotatable bonds is 4. The second kappa shape index (κ2) is 7.26. The van der Waals surface area contributed by atoms with Gasteiger partial charge < -0.3 is 14.8 Å². The van der Waals surface area contributed by atoms with E-state index in [1.54, 1.807) is 30.1 Å². The predicted octanol–water partition coefficient (Wildman–Crippen LogP) is 1.92. The third-order valence-electron chi connectivity index (χ3n) is 4.99. The summed E-state index contributed by atoms with van der Waals surface area (Å²) in [5, 5.41) is 3.27. The standard InChI is InChI=1S/C21H20N4O3/c1-24-13-22-18-8-7-16(10-17(18)21(24)28)23-20(27)15-9-19(26)25(12-15)11-14-5-3-2-4-6-14/h2-8,10,13,15H,9,11-12H2,1H3,(H,23,27). The van der Waals surface area contributed by atoms with E-state index >= 15 is 0 Å². The van der Waals surface area contributed by atoms with Crippen LogP contribution in [0.1, 0.15) is 12.0 Å². The van der Waals surface area contributed by atoms with Gasteiger partial charge in [-0.05, 0) is 23.8 Å². The van der Waals surface area contributed by atoms with Crippen molar-refractivity contribution in [2.75, 3.05) is 11.9 Å². The number of carbonyl (C=O) groups excluding carboxylic acids is 2. The summed E-state index contributed by atoms with van der Waals surface area (Å²) >= 11 is 0. The lowest BCUT2D eigenvalue weighted by Crippen LogP contribution is -2.28. The Balaban J connectivity index is 1.47. The summed E-state index contributed by atoms with van der Waals surface area (Å²) < 4.78 is 1.39. The van der Waals surface area contributed by atoms with Crippen LogP contribution in [0.2, 0.25) is 0 Å². The van der Waals surface area contributed by atoms with Crippen molar-refractivity contribution in [1.29, 1.82) is 0 Å². The predicted molar refractivity (Wildman–Crippen MR) is 106 cm³/mol. The Morgan fingerprint density at radius 1 is 1.18 bits per heavy atom. The Morgan fingerprint density at radius 3 is 2.75 bits per heavy atom. The normalized spacial score (nSPS) is 16.5. The van der Waals surface area contributed by atoms with Gasteiger partial charge in [-0.3, -0.25) is 14.4 Å². The zero-order valence-corrected chi connectivity index (χ0v) is 15.5. The molecule has 1 aliphatic heterocycles. The van der Waals surface area contributed by atoms with Crippen molar-refractivity contribution in [2.24, 2.45) is 13.0 Å². The molecular formula is C21H20N4O3. The van der Waals surface area contributed by atoms with Gasteiger partial charge in [0.25, 0.3) is 5.56 Å². The largest absolute Gasteiger partial charge is 0.338 e. The van der Waals surface area contributed by atoms with E-state index in [1.807, 2.05) is 30.3 Å². The number of aryl methyl sites for hydroxylation is 1. The van der Waals surface area contributed by atoms with E-state index in [4.69, 9.17) is 0 Å². The van der Waals surface area contributed by atoms with E-state index in [1.165, 1.54) is 10.9 Å². The smallest absolute Gasteiger partial charge is 0.260 e. The molecule has 0 radical (unpaired) electrons. The molecule has 2 aromatic carbocycles. The van der Waals surface area contributed by atoms with Gasteiger partial charge in [0.2, 0.25) is 11.8 Å². The van der Waals surface area contributed by atoms with Crippen molar-refractivity contribution in [3.05, 3.63) is 70.8 Å². The van der Waals surface area contributed by atoms with Crippen LogP contribution in [0.4, 0.5) is 5.69 Å². The zero-order valence-electron chi connectivity index (χ0n) is 15.5. The molecule has 7 heteroatoms. The lowest BCUT2D eigenvalue weighted by Gasteiger charge is -2.16. The molecule has 1 saturated heterocycles. The summed E-state index contributed by atoms with van der Waals surface area (Å²) in [5.74, 6) is -0.659. The molecule has 0 aliphatic carbocycles. The van der Waals surface area contributed by atoms with Crippen LogP contribution in [0.25, 0.3) is 10.9 Å². The second-order valence-corrected chi connectivity index (χ2v) is 7.04. The summed E-state index contributed by atoms with van der Waals surface area (Å²) in [4.78, 5) is 43.1. The van der Waals surface area contributed by atoms with E-state index in [0.717, 1.165) is 5.56 Å². The monoisotopic (exact) mass is 376 g/mol. The Labute approximate surface area is 161 Å². The van der Waals surface area contributed by atoms with Crippen LogP contribution in [0, 0.1) is 5.92 Å². The fraction of sp³-hybridized carbons (Fsp3) is 0.238. The van der Waals surface area contributed by atoms with Crippen LogP contribution in [0.3, 0.4) is 0 Å². The molecule has 1 aliphatic rings.